The molecule has 1 aromatic rings. The van der Waals surface area contributed by atoms with Crippen LogP contribution in [0.2, 0.25) is 0 Å². The number of halogens is 1. The first-order valence-electron chi connectivity index (χ1n) is 5.70. The van der Waals surface area contributed by atoms with Crippen LogP contribution < -0.4 is 16.1 Å². The molecule has 0 saturated carbocycles. The molecule has 0 bridgehead atoms. The highest BCUT2D eigenvalue weighted by molar-refractivity contribution is 6.58. The lowest BCUT2D eigenvalue weighted by atomic mass is 9.79. The maximum atomic E-state index is 13.2. The second-order valence-electron chi connectivity index (χ2n) is 3.76. The Hall–Kier alpha value is -1.44. The fraction of sp³-hybridized carbons (Fsp3) is 0.364. The van der Waals surface area contributed by atoms with E-state index >= 15 is 0 Å². The lowest BCUT2D eigenvalue weighted by molar-refractivity contribution is 0.0953. The molecule has 0 aliphatic rings. The van der Waals surface area contributed by atoms with Crippen molar-refractivity contribution in [2.45, 2.75) is 6.92 Å². The number of rotatable bonds is 6. The Morgan fingerprint density at radius 1 is 1.33 bits per heavy atom. The van der Waals surface area contributed by atoms with Gasteiger partial charge in [-0.2, -0.15) is 0 Å². The zero-order valence-electron chi connectivity index (χ0n) is 10.1. The summed E-state index contributed by atoms with van der Waals surface area (Å²) in [6, 6.07) is 3.27. The van der Waals surface area contributed by atoms with Crippen LogP contribution in [-0.4, -0.2) is 42.7 Å². The van der Waals surface area contributed by atoms with Crippen molar-refractivity contribution in [3.63, 3.8) is 0 Å². The molecule has 0 aliphatic carbocycles. The predicted molar refractivity (Wildman–Crippen MR) is 67.1 cm³/mol. The average molecular weight is 254 g/mol. The second-order valence-corrected chi connectivity index (χ2v) is 3.76. The number of carbonyl (C=O) groups excluding carboxylic acids is 1. The molecule has 0 aliphatic heterocycles. The number of hydrogen-bond donors (Lipinski definition) is 4. The number of nitrogens with one attached hydrogen (secondary N) is 2. The van der Waals surface area contributed by atoms with Gasteiger partial charge in [-0.1, -0.05) is 6.92 Å². The van der Waals surface area contributed by atoms with Gasteiger partial charge in [-0.3, -0.25) is 4.79 Å². The minimum atomic E-state index is -1.80. The zero-order valence-corrected chi connectivity index (χ0v) is 10.1. The van der Waals surface area contributed by atoms with Crippen LogP contribution in [0.25, 0.3) is 0 Å². The Bertz CT molecular complexity index is 415. The predicted octanol–water partition coefficient (Wildman–Crippen LogP) is -1.16. The van der Waals surface area contributed by atoms with Crippen molar-refractivity contribution < 1.29 is 19.2 Å². The molecule has 1 amide bonds. The van der Waals surface area contributed by atoms with Gasteiger partial charge in [-0.25, -0.2) is 4.39 Å². The maximum absolute atomic E-state index is 13.2. The zero-order chi connectivity index (χ0) is 13.5. The summed E-state index contributed by atoms with van der Waals surface area (Å²) >= 11 is 0. The van der Waals surface area contributed by atoms with Crippen LogP contribution in [0.3, 0.4) is 0 Å². The third-order valence-corrected chi connectivity index (χ3v) is 2.32. The molecule has 0 unspecified atom stereocenters. The minimum absolute atomic E-state index is 0.0492. The van der Waals surface area contributed by atoms with Crippen molar-refractivity contribution in [2.24, 2.45) is 0 Å². The largest absolute Gasteiger partial charge is 0.488 e. The molecule has 1 rings (SSSR count). The second kappa shape index (κ2) is 7.10. The molecular formula is C11H16BFN2O3. The van der Waals surface area contributed by atoms with Crippen LogP contribution in [0.15, 0.2) is 18.2 Å². The number of carbonyl (C=O) groups is 1. The SMILES string of the molecule is CCNCCNC(=O)c1cc(F)cc(B(O)O)c1. The Balaban J connectivity index is 2.67. The summed E-state index contributed by atoms with van der Waals surface area (Å²) < 4.78 is 13.2. The standard InChI is InChI=1S/C11H16BFN2O3/c1-2-14-3-4-15-11(16)8-5-9(12(17)18)7-10(13)6-8/h5-7,14,17-18H,2-4H2,1H3,(H,15,16). The van der Waals surface area contributed by atoms with Gasteiger partial charge in [0, 0.05) is 18.7 Å². The smallest absolute Gasteiger partial charge is 0.423 e. The Morgan fingerprint density at radius 3 is 2.67 bits per heavy atom. The molecule has 0 atom stereocenters. The van der Waals surface area contributed by atoms with Crippen LogP contribution >= 0.6 is 0 Å². The van der Waals surface area contributed by atoms with Crippen LogP contribution in [0.1, 0.15) is 17.3 Å². The van der Waals surface area contributed by atoms with Crippen LogP contribution in [0.5, 0.6) is 0 Å². The van der Waals surface area contributed by atoms with Crippen molar-refractivity contribution >= 4 is 18.5 Å². The topological polar surface area (TPSA) is 81.6 Å². The van der Waals surface area contributed by atoms with Gasteiger partial charge in [0.2, 0.25) is 0 Å². The summed E-state index contributed by atoms with van der Waals surface area (Å²) in [6.45, 7) is 3.78. The molecule has 0 fully saturated rings. The molecule has 1 aromatic carbocycles. The fourth-order valence-corrected chi connectivity index (χ4v) is 1.44. The highest BCUT2D eigenvalue weighted by Gasteiger charge is 2.15. The van der Waals surface area contributed by atoms with Gasteiger partial charge < -0.3 is 20.7 Å². The minimum Gasteiger partial charge on any atom is -0.423 e. The quantitative estimate of drug-likeness (QED) is 0.381. The molecule has 0 saturated heterocycles. The van der Waals surface area contributed by atoms with Gasteiger partial charge >= 0.3 is 7.12 Å². The number of likely N-dealkylation sites (N-methyl/N-ethyl adjacent to an activating group) is 1. The maximum Gasteiger partial charge on any atom is 0.488 e. The summed E-state index contributed by atoms with van der Waals surface area (Å²) in [5, 5.41) is 23.5. The lowest BCUT2D eigenvalue weighted by Gasteiger charge is -2.07. The van der Waals surface area contributed by atoms with Crippen molar-refractivity contribution in [2.75, 3.05) is 19.6 Å². The van der Waals surface area contributed by atoms with E-state index in [1.807, 2.05) is 6.92 Å². The summed E-state index contributed by atoms with van der Waals surface area (Å²) in [7, 11) is -1.80. The summed E-state index contributed by atoms with van der Waals surface area (Å²) in [4.78, 5) is 11.7. The molecule has 4 N–H and O–H groups in total. The first-order chi connectivity index (χ1) is 8.54. The van der Waals surface area contributed by atoms with Crippen LogP contribution in [0, 0.1) is 5.82 Å². The molecule has 7 heteroatoms. The van der Waals surface area contributed by atoms with E-state index < -0.39 is 18.8 Å². The Labute approximate surface area is 105 Å². The number of benzene rings is 1. The van der Waals surface area contributed by atoms with Gasteiger partial charge in [0.15, 0.2) is 0 Å². The monoisotopic (exact) mass is 254 g/mol. The number of hydrogen-bond acceptors (Lipinski definition) is 4. The lowest BCUT2D eigenvalue weighted by Crippen LogP contribution is -2.34. The van der Waals surface area contributed by atoms with Gasteiger partial charge in [0.1, 0.15) is 5.82 Å². The van der Waals surface area contributed by atoms with Crippen molar-refractivity contribution in [1.82, 2.24) is 10.6 Å². The van der Waals surface area contributed by atoms with E-state index in [0.717, 1.165) is 18.7 Å². The summed E-state index contributed by atoms with van der Waals surface area (Å²) in [5.74, 6) is -1.13. The number of amides is 1. The molecule has 18 heavy (non-hydrogen) atoms. The van der Waals surface area contributed by atoms with Gasteiger partial charge in [-0.05, 0) is 30.2 Å². The third-order valence-electron chi connectivity index (χ3n) is 2.32. The van der Waals surface area contributed by atoms with Crippen molar-refractivity contribution in [1.29, 1.82) is 0 Å². The van der Waals surface area contributed by atoms with E-state index in [2.05, 4.69) is 10.6 Å². The molecule has 0 aromatic heterocycles. The van der Waals surface area contributed by atoms with Gasteiger partial charge in [0.05, 0.1) is 0 Å². The van der Waals surface area contributed by atoms with E-state index in [0.29, 0.717) is 13.1 Å². The average Bonchev–Trinajstić information content (AvgIpc) is 2.33. The van der Waals surface area contributed by atoms with E-state index in [4.69, 9.17) is 10.0 Å². The Morgan fingerprint density at radius 2 is 2.06 bits per heavy atom. The molecule has 0 spiro atoms. The van der Waals surface area contributed by atoms with Crippen LogP contribution in [0.4, 0.5) is 4.39 Å². The molecule has 0 heterocycles. The third kappa shape index (κ3) is 4.44. The van der Waals surface area contributed by atoms with Gasteiger partial charge in [-0.15, -0.1) is 0 Å². The molecular weight excluding hydrogens is 238 g/mol. The van der Waals surface area contributed by atoms with Gasteiger partial charge in [0.25, 0.3) is 5.91 Å². The van der Waals surface area contributed by atoms with Crippen molar-refractivity contribution in [3.05, 3.63) is 29.6 Å². The van der Waals surface area contributed by atoms with Crippen molar-refractivity contribution in [3.8, 4) is 0 Å². The van der Waals surface area contributed by atoms with Crippen LogP contribution in [-0.2, 0) is 0 Å². The normalized spacial score (nSPS) is 10.2. The highest BCUT2D eigenvalue weighted by atomic mass is 19.1. The first kappa shape index (κ1) is 14.6. The van der Waals surface area contributed by atoms with E-state index in [1.54, 1.807) is 0 Å². The molecule has 98 valence electrons. The molecule has 5 nitrogen and oxygen atoms in total. The Kier molecular flexibility index (Phi) is 5.77. The first-order valence-corrected chi connectivity index (χ1v) is 5.70. The molecule has 0 radical (unpaired) electrons. The summed E-state index contributed by atoms with van der Waals surface area (Å²) in [5.41, 5.74) is 0.0152. The fourth-order valence-electron chi connectivity index (χ4n) is 1.44. The van der Waals surface area contributed by atoms with E-state index in [9.17, 15) is 9.18 Å². The summed E-state index contributed by atoms with van der Waals surface area (Å²) in [6.07, 6.45) is 0. The van der Waals surface area contributed by atoms with E-state index in [-0.39, 0.29) is 11.0 Å². The highest BCUT2D eigenvalue weighted by Crippen LogP contribution is 2.02. The van der Waals surface area contributed by atoms with E-state index in [1.165, 1.54) is 6.07 Å².